The Labute approximate surface area is 231 Å². The lowest BCUT2D eigenvalue weighted by Gasteiger charge is -2.37. The summed E-state index contributed by atoms with van der Waals surface area (Å²) in [5, 5.41) is 3.03. The second kappa shape index (κ2) is 13.8. The van der Waals surface area contributed by atoms with Crippen molar-refractivity contribution >= 4 is 35.7 Å². The van der Waals surface area contributed by atoms with Crippen LogP contribution >= 0.6 is 12.4 Å². The molecule has 1 aliphatic rings. The number of anilines is 2. The SMILES string of the molecule is CCOC(=O)c1ccc(N2CCN(Cc3ccccc3)CC2)c(NC(=O)c2ccc(OC(C)C)cc2)c1.Cl. The third-order valence-corrected chi connectivity index (χ3v) is 6.21. The molecule has 3 aromatic carbocycles. The molecule has 8 heteroatoms. The average molecular weight is 538 g/mol. The maximum Gasteiger partial charge on any atom is 0.338 e. The fourth-order valence-corrected chi connectivity index (χ4v) is 4.39. The summed E-state index contributed by atoms with van der Waals surface area (Å²) >= 11 is 0. The Bertz CT molecular complexity index is 1190. The van der Waals surface area contributed by atoms with Gasteiger partial charge in [0.15, 0.2) is 0 Å². The van der Waals surface area contributed by atoms with Crippen LogP contribution in [0.4, 0.5) is 11.4 Å². The summed E-state index contributed by atoms with van der Waals surface area (Å²) in [6.45, 7) is 10.3. The molecule has 38 heavy (non-hydrogen) atoms. The van der Waals surface area contributed by atoms with Crippen molar-refractivity contribution in [3.8, 4) is 5.75 Å². The van der Waals surface area contributed by atoms with E-state index in [1.165, 1.54) is 5.56 Å². The molecule has 0 atom stereocenters. The molecule has 202 valence electrons. The normalized spacial score (nSPS) is 13.5. The van der Waals surface area contributed by atoms with Crippen LogP contribution in [-0.4, -0.2) is 55.7 Å². The number of carbonyl (C=O) groups is 2. The van der Waals surface area contributed by atoms with E-state index in [0.717, 1.165) is 38.4 Å². The Hall–Kier alpha value is -3.55. The number of nitrogens with zero attached hydrogens (tertiary/aromatic N) is 2. The molecule has 1 N–H and O–H groups in total. The third kappa shape index (κ3) is 7.73. The first kappa shape index (κ1) is 29.0. The molecule has 0 spiro atoms. The smallest absolute Gasteiger partial charge is 0.338 e. The van der Waals surface area contributed by atoms with E-state index in [1.807, 2.05) is 26.0 Å². The van der Waals surface area contributed by atoms with Crippen LogP contribution in [-0.2, 0) is 11.3 Å². The van der Waals surface area contributed by atoms with Gasteiger partial charge in [-0.15, -0.1) is 12.4 Å². The fourth-order valence-electron chi connectivity index (χ4n) is 4.39. The highest BCUT2D eigenvalue weighted by molar-refractivity contribution is 6.07. The second-order valence-corrected chi connectivity index (χ2v) is 9.35. The Morgan fingerprint density at radius 1 is 0.895 bits per heavy atom. The largest absolute Gasteiger partial charge is 0.491 e. The van der Waals surface area contributed by atoms with Crippen LogP contribution < -0.4 is 15.0 Å². The van der Waals surface area contributed by atoms with Crippen molar-refractivity contribution in [1.29, 1.82) is 0 Å². The minimum Gasteiger partial charge on any atom is -0.491 e. The Morgan fingerprint density at radius 2 is 1.55 bits per heavy atom. The van der Waals surface area contributed by atoms with Gasteiger partial charge in [0.1, 0.15) is 5.75 Å². The quantitative estimate of drug-likeness (QED) is 0.356. The summed E-state index contributed by atoms with van der Waals surface area (Å²) in [6, 6.07) is 22.9. The molecule has 1 heterocycles. The summed E-state index contributed by atoms with van der Waals surface area (Å²) in [4.78, 5) is 30.2. The number of esters is 1. The maximum atomic E-state index is 13.1. The molecular weight excluding hydrogens is 502 g/mol. The van der Waals surface area contributed by atoms with Gasteiger partial charge in [-0.25, -0.2) is 4.79 Å². The van der Waals surface area contributed by atoms with Crippen LogP contribution in [0.3, 0.4) is 0 Å². The molecule has 0 aliphatic carbocycles. The van der Waals surface area contributed by atoms with E-state index in [0.29, 0.717) is 22.6 Å². The molecule has 1 amide bonds. The topological polar surface area (TPSA) is 71.1 Å². The lowest BCUT2D eigenvalue weighted by atomic mass is 10.1. The van der Waals surface area contributed by atoms with Crippen molar-refractivity contribution < 1.29 is 19.1 Å². The summed E-state index contributed by atoms with van der Waals surface area (Å²) in [6.07, 6.45) is 0.0565. The van der Waals surface area contributed by atoms with Gasteiger partial charge in [-0.1, -0.05) is 30.3 Å². The Morgan fingerprint density at radius 3 is 2.18 bits per heavy atom. The zero-order valence-electron chi connectivity index (χ0n) is 22.2. The number of nitrogens with one attached hydrogen (secondary N) is 1. The van der Waals surface area contributed by atoms with Gasteiger partial charge in [0.25, 0.3) is 5.91 Å². The number of rotatable bonds is 9. The van der Waals surface area contributed by atoms with Crippen molar-refractivity contribution in [3.05, 3.63) is 89.5 Å². The molecule has 3 aromatic rings. The first-order valence-corrected chi connectivity index (χ1v) is 12.8. The van der Waals surface area contributed by atoms with Gasteiger partial charge in [-0.2, -0.15) is 0 Å². The number of halogens is 1. The van der Waals surface area contributed by atoms with Crippen LogP contribution in [0.5, 0.6) is 5.75 Å². The fraction of sp³-hybridized carbons (Fsp3) is 0.333. The number of piperazine rings is 1. The minimum absolute atomic E-state index is 0. The van der Waals surface area contributed by atoms with Gasteiger partial charge in [0.2, 0.25) is 0 Å². The standard InChI is InChI=1S/C30H35N3O4.ClH/c1-4-36-30(35)25-12-15-28(33-18-16-32(17-19-33)21-23-8-6-5-7-9-23)27(20-25)31-29(34)24-10-13-26(14-11-24)37-22(2)3;/h5-15,20,22H,4,16-19,21H2,1-3H3,(H,31,34);1H. The van der Waals surface area contributed by atoms with Crippen LogP contribution in [0, 0.1) is 0 Å². The monoisotopic (exact) mass is 537 g/mol. The Balaban J connectivity index is 0.00000400. The summed E-state index contributed by atoms with van der Waals surface area (Å²) in [5.74, 6) is 0.0541. The van der Waals surface area contributed by atoms with E-state index in [2.05, 4.69) is 39.4 Å². The first-order chi connectivity index (χ1) is 17.9. The summed E-state index contributed by atoms with van der Waals surface area (Å²) < 4.78 is 10.9. The molecule has 1 fully saturated rings. The zero-order valence-corrected chi connectivity index (χ0v) is 23.0. The minimum atomic E-state index is -0.410. The van der Waals surface area contributed by atoms with Crippen LogP contribution in [0.25, 0.3) is 0 Å². The molecule has 7 nitrogen and oxygen atoms in total. The van der Waals surface area contributed by atoms with Gasteiger partial charge in [-0.3, -0.25) is 9.69 Å². The van der Waals surface area contributed by atoms with Crippen molar-refractivity contribution in [3.63, 3.8) is 0 Å². The van der Waals surface area contributed by atoms with Crippen molar-refractivity contribution in [2.24, 2.45) is 0 Å². The molecule has 0 bridgehead atoms. The third-order valence-electron chi connectivity index (χ3n) is 6.21. The van der Waals surface area contributed by atoms with Crippen LogP contribution in [0.1, 0.15) is 47.1 Å². The molecule has 4 rings (SSSR count). The highest BCUT2D eigenvalue weighted by Crippen LogP contribution is 2.30. The number of ether oxygens (including phenoxy) is 2. The number of hydrogen-bond donors (Lipinski definition) is 1. The van der Waals surface area contributed by atoms with Gasteiger partial charge >= 0.3 is 5.97 Å². The highest BCUT2D eigenvalue weighted by Gasteiger charge is 2.22. The number of amides is 1. The van der Waals surface area contributed by atoms with Crippen LogP contribution in [0.2, 0.25) is 0 Å². The summed E-state index contributed by atoms with van der Waals surface area (Å²) in [5.41, 5.74) is 3.70. The van der Waals surface area contributed by atoms with Gasteiger partial charge in [0.05, 0.1) is 29.6 Å². The van der Waals surface area contributed by atoms with Gasteiger partial charge in [0, 0.05) is 38.3 Å². The predicted octanol–water partition coefficient (Wildman–Crippen LogP) is 5.65. The first-order valence-electron chi connectivity index (χ1n) is 12.8. The van der Waals surface area contributed by atoms with E-state index in [1.54, 1.807) is 43.3 Å². The Kier molecular flexibility index (Phi) is 10.6. The van der Waals surface area contributed by atoms with Gasteiger partial charge in [-0.05, 0) is 68.8 Å². The number of carbonyl (C=O) groups excluding carboxylic acids is 2. The molecular formula is C30H36ClN3O4. The van der Waals surface area contributed by atoms with E-state index in [4.69, 9.17) is 9.47 Å². The lowest BCUT2D eigenvalue weighted by Crippen LogP contribution is -2.46. The molecule has 1 saturated heterocycles. The maximum absolute atomic E-state index is 13.1. The van der Waals surface area contributed by atoms with Crippen molar-refractivity contribution in [1.82, 2.24) is 4.90 Å². The van der Waals surface area contributed by atoms with E-state index in [-0.39, 0.29) is 31.0 Å². The number of benzene rings is 3. The molecule has 0 radical (unpaired) electrons. The number of hydrogen-bond acceptors (Lipinski definition) is 6. The molecule has 0 saturated carbocycles. The summed E-state index contributed by atoms with van der Waals surface area (Å²) in [7, 11) is 0. The van der Waals surface area contributed by atoms with E-state index >= 15 is 0 Å². The highest BCUT2D eigenvalue weighted by atomic mass is 35.5. The lowest BCUT2D eigenvalue weighted by molar-refractivity contribution is 0.0526. The van der Waals surface area contributed by atoms with Crippen molar-refractivity contribution in [2.45, 2.75) is 33.4 Å². The zero-order chi connectivity index (χ0) is 26.2. The van der Waals surface area contributed by atoms with Crippen molar-refractivity contribution in [2.75, 3.05) is 43.0 Å². The average Bonchev–Trinajstić information content (AvgIpc) is 2.90. The van der Waals surface area contributed by atoms with E-state index in [9.17, 15) is 9.59 Å². The molecule has 0 unspecified atom stereocenters. The molecule has 0 aromatic heterocycles. The van der Waals surface area contributed by atoms with Crippen LogP contribution in [0.15, 0.2) is 72.8 Å². The predicted molar refractivity (Wildman–Crippen MR) is 154 cm³/mol. The molecule has 1 aliphatic heterocycles. The second-order valence-electron chi connectivity index (χ2n) is 9.35. The van der Waals surface area contributed by atoms with Gasteiger partial charge < -0.3 is 19.7 Å². The van der Waals surface area contributed by atoms with E-state index < -0.39 is 5.97 Å².